The molecule has 0 radical (unpaired) electrons. The maximum Gasteiger partial charge on any atom is 0.263 e. The molecule has 8 heteroatoms. The Morgan fingerprint density at radius 3 is 2.86 bits per heavy atom. The van der Waals surface area contributed by atoms with Crippen molar-refractivity contribution in [3.05, 3.63) is 45.2 Å². The van der Waals surface area contributed by atoms with Crippen molar-refractivity contribution < 1.29 is 4.42 Å². The molecule has 0 aliphatic heterocycles. The summed E-state index contributed by atoms with van der Waals surface area (Å²) in [5.74, 6) is 2.29. The van der Waals surface area contributed by atoms with Gasteiger partial charge in [0, 0.05) is 16.8 Å². The summed E-state index contributed by atoms with van der Waals surface area (Å²) in [6.07, 6.45) is 4.87. The molecule has 0 spiro atoms. The van der Waals surface area contributed by atoms with Crippen molar-refractivity contribution in [2.24, 2.45) is 5.92 Å². The van der Waals surface area contributed by atoms with E-state index in [1.807, 2.05) is 20.8 Å². The van der Waals surface area contributed by atoms with E-state index >= 15 is 0 Å². The first-order valence-electron chi connectivity index (χ1n) is 9.89. The second-order valence-electron chi connectivity index (χ2n) is 8.67. The van der Waals surface area contributed by atoms with Crippen LogP contribution in [0, 0.1) is 5.92 Å². The van der Waals surface area contributed by atoms with Crippen molar-refractivity contribution in [2.45, 2.75) is 69.8 Å². The molecule has 0 aromatic carbocycles. The molecule has 1 aliphatic carbocycles. The Labute approximate surface area is 178 Å². The molecule has 0 N–H and O–H groups in total. The monoisotopic (exact) mass is 430 g/mol. The topological polar surface area (TPSA) is 73.8 Å². The SMILES string of the molecule is C=CCn1c(SCc2nnc(C(C)(C)C)o2)nc2sc3c(c2c1=O)CCC(C)C3. The fourth-order valence-corrected chi connectivity index (χ4v) is 5.82. The largest absolute Gasteiger partial charge is 0.424 e. The fraction of sp³-hybridized carbons (Fsp3) is 0.524. The number of thioether (sulfide) groups is 1. The third-order valence-corrected chi connectivity index (χ3v) is 7.23. The minimum absolute atomic E-state index is 0.0327. The lowest BCUT2D eigenvalue weighted by Crippen LogP contribution is -2.23. The van der Waals surface area contributed by atoms with Crippen LogP contribution in [-0.2, 0) is 30.6 Å². The normalized spacial score (nSPS) is 16.9. The van der Waals surface area contributed by atoms with Crippen LogP contribution in [0.15, 0.2) is 27.0 Å². The summed E-state index contributed by atoms with van der Waals surface area (Å²) < 4.78 is 7.50. The summed E-state index contributed by atoms with van der Waals surface area (Å²) in [6, 6.07) is 0. The van der Waals surface area contributed by atoms with E-state index in [0.29, 0.717) is 35.2 Å². The van der Waals surface area contributed by atoms with E-state index in [0.717, 1.165) is 29.5 Å². The fourth-order valence-electron chi connectivity index (χ4n) is 3.55. The lowest BCUT2D eigenvalue weighted by Gasteiger charge is -2.17. The summed E-state index contributed by atoms with van der Waals surface area (Å²) in [4.78, 5) is 20.3. The number of thiophene rings is 1. The summed E-state index contributed by atoms with van der Waals surface area (Å²) in [6.45, 7) is 12.6. The van der Waals surface area contributed by atoms with Crippen molar-refractivity contribution in [3.63, 3.8) is 0 Å². The van der Waals surface area contributed by atoms with E-state index in [2.05, 4.69) is 23.7 Å². The highest BCUT2D eigenvalue weighted by atomic mass is 32.2. The van der Waals surface area contributed by atoms with Gasteiger partial charge in [-0.2, -0.15) is 0 Å². The molecular weight excluding hydrogens is 404 g/mol. The van der Waals surface area contributed by atoms with Crippen LogP contribution in [-0.4, -0.2) is 19.7 Å². The molecule has 29 heavy (non-hydrogen) atoms. The minimum atomic E-state index is -0.189. The van der Waals surface area contributed by atoms with Crippen LogP contribution >= 0.6 is 23.1 Å². The number of rotatable bonds is 5. The number of aromatic nitrogens is 4. The molecule has 1 atom stereocenters. The second kappa shape index (κ2) is 7.72. The van der Waals surface area contributed by atoms with Gasteiger partial charge in [0.2, 0.25) is 11.8 Å². The maximum atomic E-state index is 13.3. The average molecular weight is 431 g/mol. The van der Waals surface area contributed by atoms with Gasteiger partial charge in [-0.25, -0.2) is 4.98 Å². The third-order valence-electron chi connectivity index (χ3n) is 5.13. The zero-order chi connectivity index (χ0) is 20.8. The van der Waals surface area contributed by atoms with E-state index in [9.17, 15) is 4.79 Å². The average Bonchev–Trinajstić information content (AvgIpc) is 3.26. The van der Waals surface area contributed by atoms with Gasteiger partial charge in [0.05, 0.1) is 11.1 Å². The standard InChI is InChI=1S/C21H26N4O2S2/c1-6-9-25-18(26)16-13-8-7-12(2)10-14(13)29-17(16)22-20(25)28-11-15-23-24-19(27-15)21(3,4)5/h6,12H,1,7-11H2,2-5H3. The zero-order valence-corrected chi connectivity index (χ0v) is 19.0. The molecule has 3 heterocycles. The van der Waals surface area contributed by atoms with E-state index < -0.39 is 0 Å². The molecule has 6 nitrogen and oxygen atoms in total. The van der Waals surface area contributed by atoms with Gasteiger partial charge in [-0.1, -0.05) is 45.5 Å². The molecule has 154 valence electrons. The first kappa shape index (κ1) is 20.3. The Morgan fingerprint density at radius 1 is 1.38 bits per heavy atom. The molecule has 0 saturated carbocycles. The van der Waals surface area contributed by atoms with Gasteiger partial charge in [0.1, 0.15) is 4.83 Å². The van der Waals surface area contributed by atoms with Crippen LogP contribution in [0.25, 0.3) is 10.2 Å². The molecule has 3 aromatic heterocycles. The highest BCUT2D eigenvalue weighted by molar-refractivity contribution is 7.98. The van der Waals surface area contributed by atoms with E-state index in [-0.39, 0.29) is 11.0 Å². The van der Waals surface area contributed by atoms with E-state index in [1.165, 1.54) is 22.2 Å². The molecular formula is C21H26N4O2S2. The quantitative estimate of drug-likeness (QED) is 0.331. The highest BCUT2D eigenvalue weighted by Gasteiger charge is 2.25. The number of nitrogens with zero attached hydrogens (tertiary/aromatic N) is 4. The number of fused-ring (bicyclic) bond motifs is 3. The number of hydrogen-bond donors (Lipinski definition) is 0. The Bertz CT molecular complexity index is 1120. The van der Waals surface area contributed by atoms with Gasteiger partial charge < -0.3 is 4.42 Å². The zero-order valence-electron chi connectivity index (χ0n) is 17.3. The van der Waals surface area contributed by atoms with Crippen LogP contribution in [0.1, 0.15) is 56.3 Å². The molecule has 0 amide bonds. The molecule has 3 aromatic rings. The molecule has 4 rings (SSSR count). The molecule has 0 bridgehead atoms. The van der Waals surface area contributed by atoms with Crippen LogP contribution in [0.5, 0.6) is 0 Å². The minimum Gasteiger partial charge on any atom is -0.424 e. The van der Waals surface area contributed by atoms with Crippen LogP contribution in [0.3, 0.4) is 0 Å². The van der Waals surface area contributed by atoms with E-state index in [1.54, 1.807) is 22.0 Å². The summed E-state index contributed by atoms with van der Waals surface area (Å²) >= 11 is 3.13. The Kier molecular flexibility index (Phi) is 5.42. The van der Waals surface area contributed by atoms with Gasteiger partial charge >= 0.3 is 0 Å². The van der Waals surface area contributed by atoms with Gasteiger partial charge in [-0.3, -0.25) is 9.36 Å². The number of hydrogen-bond acceptors (Lipinski definition) is 7. The Morgan fingerprint density at radius 2 is 2.17 bits per heavy atom. The Balaban J connectivity index is 1.70. The van der Waals surface area contributed by atoms with Gasteiger partial charge in [0.25, 0.3) is 5.56 Å². The summed E-state index contributed by atoms with van der Waals surface area (Å²) in [7, 11) is 0. The summed E-state index contributed by atoms with van der Waals surface area (Å²) in [5, 5.41) is 9.77. The predicted molar refractivity (Wildman–Crippen MR) is 118 cm³/mol. The van der Waals surface area contributed by atoms with Crippen molar-refractivity contribution in [2.75, 3.05) is 0 Å². The first-order chi connectivity index (χ1) is 13.8. The second-order valence-corrected chi connectivity index (χ2v) is 10.7. The smallest absolute Gasteiger partial charge is 0.263 e. The highest BCUT2D eigenvalue weighted by Crippen LogP contribution is 2.36. The predicted octanol–water partition coefficient (Wildman–Crippen LogP) is 4.74. The number of allylic oxidation sites excluding steroid dienone is 1. The Hall–Kier alpha value is -1.93. The summed E-state index contributed by atoms with van der Waals surface area (Å²) in [5.41, 5.74) is 1.05. The van der Waals surface area contributed by atoms with Gasteiger partial charge in [0.15, 0.2) is 5.16 Å². The molecule has 0 saturated heterocycles. The van der Waals surface area contributed by atoms with Crippen molar-refractivity contribution >= 4 is 33.3 Å². The molecule has 1 unspecified atom stereocenters. The van der Waals surface area contributed by atoms with E-state index in [4.69, 9.17) is 9.40 Å². The van der Waals surface area contributed by atoms with Crippen molar-refractivity contribution in [1.29, 1.82) is 0 Å². The molecule has 1 aliphatic rings. The van der Waals surface area contributed by atoms with Gasteiger partial charge in [-0.05, 0) is 30.7 Å². The van der Waals surface area contributed by atoms with Crippen LogP contribution in [0.2, 0.25) is 0 Å². The van der Waals surface area contributed by atoms with Crippen molar-refractivity contribution in [3.8, 4) is 0 Å². The lowest BCUT2D eigenvalue weighted by atomic mass is 9.89. The lowest BCUT2D eigenvalue weighted by molar-refractivity contribution is 0.378. The maximum absolute atomic E-state index is 13.3. The van der Waals surface area contributed by atoms with Crippen LogP contribution < -0.4 is 5.56 Å². The molecule has 0 fully saturated rings. The van der Waals surface area contributed by atoms with Gasteiger partial charge in [-0.15, -0.1) is 28.1 Å². The van der Waals surface area contributed by atoms with Crippen molar-refractivity contribution in [1.82, 2.24) is 19.7 Å². The van der Waals surface area contributed by atoms with Crippen LogP contribution in [0.4, 0.5) is 0 Å². The number of aryl methyl sites for hydroxylation is 1. The first-order valence-corrected chi connectivity index (χ1v) is 11.7. The third kappa shape index (κ3) is 3.92.